The van der Waals surface area contributed by atoms with Crippen LogP contribution in [0.5, 0.6) is 0 Å². The number of hydrogen-bond acceptors (Lipinski definition) is 4. The summed E-state index contributed by atoms with van der Waals surface area (Å²) in [4.78, 5) is 26.1. The average Bonchev–Trinajstić information content (AvgIpc) is 2.70. The number of para-hydroxylation sites is 1. The molecule has 0 atom stereocenters. The first kappa shape index (κ1) is 23.4. The lowest BCUT2D eigenvalue weighted by Crippen LogP contribution is -2.30. The first-order chi connectivity index (χ1) is 13.2. The van der Waals surface area contributed by atoms with Crippen molar-refractivity contribution in [1.29, 1.82) is 0 Å². The molecule has 8 heteroatoms. The van der Waals surface area contributed by atoms with Gasteiger partial charge in [0.2, 0.25) is 0 Å². The third kappa shape index (κ3) is 5.58. The molecule has 0 fully saturated rings. The second-order valence-electron chi connectivity index (χ2n) is 6.77. The predicted molar refractivity (Wildman–Crippen MR) is 123 cm³/mol. The van der Waals surface area contributed by atoms with Gasteiger partial charge in [-0.1, -0.05) is 23.7 Å². The Morgan fingerprint density at radius 1 is 1.14 bits per heavy atom. The standard InChI is InChI=1S/C21H21ClN4O.2ClH/c22-18-4-1-3-17-20(18)24-19(25-21(17)27)5-2-12-26-13-8-16(9-14-26)15-6-10-23-11-7-15;;/h1,3-4,6-8,10-11H,2,5,9,12-14H2,(H,24,25,27);2*1H. The number of benzene rings is 1. The van der Waals surface area contributed by atoms with Gasteiger partial charge in [-0.15, -0.1) is 24.8 Å². The van der Waals surface area contributed by atoms with Crippen molar-refractivity contribution < 1.29 is 0 Å². The van der Waals surface area contributed by atoms with Crippen LogP contribution in [-0.2, 0) is 6.42 Å². The van der Waals surface area contributed by atoms with E-state index in [0.29, 0.717) is 21.7 Å². The van der Waals surface area contributed by atoms with Crippen LogP contribution in [0.25, 0.3) is 16.5 Å². The number of halogens is 3. The maximum absolute atomic E-state index is 12.2. The summed E-state index contributed by atoms with van der Waals surface area (Å²) in [7, 11) is 0. The number of H-pyrrole nitrogens is 1. The smallest absolute Gasteiger partial charge is 0.258 e. The van der Waals surface area contributed by atoms with Crippen LogP contribution in [0, 0.1) is 0 Å². The van der Waals surface area contributed by atoms with Gasteiger partial charge in [-0.2, -0.15) is 0 Å². The zero-order valence-electron chi connectivity index (χ0n) is 15.8. The number of aryl methyl sites for hydroxylation is 1. The Kier molecular flexibility index (Phi) is 8.65. The summed E-state index contributed by atoms with van der Waals surface area (Å²) in [6.45, 7) is 2.97. The van der Waals surface area contributed by atoms with Gasteiger partial charge in [0.05, 0.1) is 15.9 Å². The minimum absolute atomic E-state index is 0. The third-order valence-electron chi connectivity index (χ3n) is 4.97. The molecule has 0 bridgehead atoms. The quantitative estimate of drug-likeness (QED) is 0.616. The lowest BCUT2D eigenvalue weighted by atomic mass is 10.0. The maximum Gasteiger partial charge on any atom is 0.258 e. The van der Waals surface area contributed by atoms with Crippen molar-refractivity contribution >= 4 is 52.9 Å². The van der Waals surface area contributed by atoms with E-state index >= 15 is 0 Å². The summed E-state index contributed by atoms with van der Waals surface area (Å²) < 4.78 is 0. The van der Waals surface area contributed by atoms with Crippen molar-refractivity contribution in [3.05, 3.63) is 75.6 Å². The van der Waals surface area contributed by atoms with Gasteiger partial charge in [0.15, 0.2) is 0 Å². The molecule has 0 radical (unpaired) electrons. The van der Waals surface area contributed by atoms with Gasteiger partial charge in [0.25, 0.3) is 5.56 Å². The molecular formula is C21H23Cl3N4O. The summed E-state index contributed by atoms with van der Waals surface area (Å²) in [5.74, 6) is 0.700. The Labute approximate surface area is 187 Å². The number of hydrogen-bond donors (Lipinski definition) is 1. The van der Waals surface area contributed by atoms with Crippen LogP contribution in [0.15, 0.2) is 53.6 Å². The fourth-order valence-corrected chi connectivity index (χ4v) is 3.72. The van der Waals surface area contributed by atoms with Gasteiger partial charge in [0, 0.05) is 31.9 Å². The van der Waals surface area contributed by atoms with Gasteiger partial charge >= 0.3 is 0 Å². The highest BCUT2D eigenvalue weighted by Gasteiger charge is 2.13. The number of pyridine rings is 1. The molecule has 2 aromatic heterocycles. The highest BCUT2D eigenvalue weighted by atomic mass is 35.5. The molecule has 3 aromatic rings. The van der Waals surface area contributed by atoms with E-state index in [2.05, 4.69) is 38.1 Å². The van der Waals surface area contributed by atoms with Crippen LogP contribution in [0.3, 0.4) is 0 Å². The SMILES string of the molecule is Cl.Cl.O=c1[nH]c(CCCN2CC=C(c3ccncc3)CC2)nc2c(Cl)cccc12. The molecule has 3 heterocycles. The molecule has 0 saturated carbocycles. The monoisotopic (exact) mass is 452 g/mol. The zero-order chi connectivity index (χ0) is 18.6. The van der Waals surface area contributed by atoms with Crippen molar-refractivity contribution in [3.8, 4) is 0 Å². The lowest BCUT2D eigenvalue weighted by molar-refractivity contribution is 0.297. The van der Waals surface area contributed by atoms with Crippen LogP contribution in [0.4, 0.5) is 0 Å². The van der Waals surface area contributed by atoms with Crippen molar-refractivity contribution in [1.82, 2.24) is 19.9 Å². The van der Waals surface area contributed by atoms with Crippen molar-refractivity contribution in [3.63, 3.8) is 0 Å². The molecule has 1 aliphatic rings. The van der Waals surface area contributed by atoms with Crippen molar-refractivity contribution in [2.45, 2.75) is 19.3 Å². The second kappa shape index (κ2) is 10.7. The van der Waals surface area contributed by atoms with Crippen molar-refractivity contribution in [2.24, 2.45) is 0 Å². The minimum atomic E-state index is -0.125. The zero-order valence-corrected chi connectivity index (χ0v) is 18.2. The summed E-state index contributed by atoms with van der Waals surface area (Å²) in [6.07, 6.45) is 8.70. The van der Waals surface area contributed by atoms with Crippen molar-refractivity contribution in [2.75, 3.05) is 19.6 Å². The van der Waals surface area contributed by atoms with Crippen LogP contribution >= 0.6 is 36.4 Å². The number of rotatable bonds is 5. The fraction of sp³-hybridized carbons (Fsp3) is 0.286. The van der Waals surface area contributed by atoms with Crippen LogP contribution < -0.4 is 5.56 Å². The maximum atomic E-state index is 12.2. The molecule has 5 nitrogen and oxygen atoms in total. The van der Waals surface area contributed by atoms with E-state index < -0.39 is 0 Å². The van der Waals surface area contributed by atoms with Crippen LogP contribution in [-0.4, -0.2) is 39.5 Å². The molecular weight excluding hydrogens is 431 g/mol. The predicted octanol–water partition coefficient (Wildman–Crippen LogP) is 4.54. The molecule has 4 rings (SSSR count). The van der Waals surface area contributed by atoms with Gasteiger partial charge in [0.1, 0.15) is 5.82 Å². The molecule has 1 N–H and O–H groups in total. The third-order valence-corrected chi connectivity index (χ3v) is 5.27. The molecule has 0 aliphatic carbocycles. The number of fused-ring (bicyclic) bond motifs is 1. The van der Waals surface area contributed by atoms with Gasteiger partial charge in [-0.25, -0.2) is 4.98 Å². The molecule has 0 amide bonds. The highest BCUT2D eigenvalue weighted by molar-refractivity contribution is 6.34. The van der Waals surface area contributed by atoms with E-state index in [1.807, 2.05) is 12.4 Å². The highest BCUT2D eigenvalue weighted by Crippen LogP contribution is 2.22. The van der Waals surface area contributed by atoms with Crippen LogP contribution in [0.1, 0.15) is 24.2 Å². The van der Waals surface area contributed by atoms with E-state index in [1.165, 1.54) is 11.1 Å². The van der Waals surface area contributed by atoms with E-state index in [-0.39, 0.29) is 30.4 Å². The number of nitrogens with zero attached hydrogens (tertiary/aromatic N) is 3. The largest absolute Gasteiger partial charge is 0.310 e. The fourth-order valence-electron chi connectivity index (χ4n) is 3.50. The number of aromatic amines is 1. The Bertz CT molecular complexity index is 1040. The van der Waals surface area contributed by atoms with E-state index in [1.54, 1.807) is 18.2 Å². The lowest BCUT2D eigenvalue weighted by Gasteiger charge is -2.26. The van der Waals surface area contributed by atoms with E-state index in [9.17, 15) is 4.79 Å². The first-order valence-corrected chi connectivity index (χ1v) is 9.58. The molecule has 29 heavy (non-hydrogen) atoms. The van der Waals surface area contributed by atoms with E-state index in [0.717, 1.165) is 38.9 Å². The van der Waals surface area contributed by atoms with Gasteiger partial charge < -0.3 is 4.98 Å². The van der Waals surface area contributed by atoms with Gasteiger partial charge in [-0.3, -0.25) is 14.7 Å². The Balaban J connectivity index is 0.00000150. The number of nitrogens with one attached hydrogen (secondary N) is 1. The van der Waals surface area contributed by atoms with Gasteiger partial charge in [-0.05, 0) is 54.8 Å². The first-order valence-electron chi connectivity index (χ1n) is 9.20. The summed E-state index contributed by atoms with van der Waals surface area (Å²) in [5, 5.41) is 1.06. The average molecular weight is 454 g/mol. The number of aromatic nitrogens is 3. The molecule has 0 saturated heterocycles. The Hall–Kier alpha value is -1.92. The summed E-state index contributed by atoms with van der Waals surface area (Å²) >= 11 is 6.19. The minimum Gasteiger partial charge on any atom is -0.310 e. The molecule has 1 aromatic carbocycles. The summed E-state index contributed by atoms with van der Waals surface area (Å²) in [6, 6.07) is 9.41. The van der Waals surface area contributed by atoms with E-state index in [4.69, 9.17) is 11.6 Å². The second-order valence-corrected chi connectivity index (χ2v) is 7.18. The molecule has 1 aliphatic heterocycles. The summed E-state index contributed by atoms with van der Waals surface area (Å²) in [5.41, 5.74) is 3.12. The Morgan fingerprint density at radius 3 is 2.66 bits per heavy atom. The topological polar surface area (TPSA) is 61.9 Å². The van der Waals surface area contributed by atoms with Crippen LogP contribution in [0.2, 0.25) is 5.02 Å². The molecule has 0 spiro atoms. The molecule has 0 unspecified atom stereocenters. The Morgan fingerprint density at radius 2 is 1.93 bits per heavy atom. The normalized spacial score (nSPS) is 14.0. The molecule has 154 valence electrons.